The molecule has 0 saturated carbocycles. The lowest BCUT2D eigenvalue weighted by Gasteiger charge is -2.08. The van der Waals surface area contributed by atoms with Crippen LogP contribution in [0.4, 0.5) is 0 Å². The summed E-state index contributed by atoms with van der Waals surface area (Å²) in [5.41, 5.74) is 6.50. The molecule has 0 aliphatic rings. The predicted molar refractivity (Wildman–Crippen MR) is 58.5 cm³/mol. The van der Waals surface area contributed by atoms with E-state index in [1.807, 2.05) is 12.1 Å². The number of methoxy groups -OCH3 is 1. The first-order valence-electron chi connectivity index (χ1n) is 3.91. The van der Waals surface area contributed by atoms with Gasteiger partial charge in [0.2, 0.25) is 0 Å². The third-order valence-corrected chi connectivity index (χ3v) is 2.93. The third-order valence-electron chi connectivity index (χ3n) is 1.74. The third kappa shape index (κ3) is 2.59. The van der Waals surface area contributed by atoms with Crippen molar-refractivity contribution in [3.63, 3.8) is 0 Å². The van der Waals surface area contributed by atoms with Crippen LogP contribution in [0.1, 0.15) is 5.56 Å². The summed E-state index contributed by atoms with van der Waals surface area (Å²) in [6.45, 7) is 0.592. The Kier molecular flexibility index (Phi) is 4.03. The zero-order chi connectivity index (χ0) is 9.84. The Bertz CT molecular complexity index is 304. The van der Waals surface area contributed by atoms with Crippen molar-refractivity contribution in [3.8, 4) is 5.75 Å². The van der Waals surface area contributed by atoms with Crippen molar-refractivity contribution in [3.05, 3.63) is 27.2 Å². The Morgan fingerprint density at radius 1 is 1.54 bits per heavy atom. The van der Waals surface area contributed by atoms with Gasteiger partial charge in [0.25, 0.3) is 0 Å². The molecule has 0 fully saturated rings. The number of hydrogen-bond acceptors (Lipinski definition) is 2. The van der Waals surface area contributed by atoms with Crippen LogP contribution in [0.3, 0.4) is 0 Å². The van der Waals surface area contributed by atoms with E-state index in [0.29, 0.717) is 11.6 Å². The van der Waals surface area contributed by atoms with Crippen molar-refractivity contribution >= 4 is 27.5 Å². The van der Waals surface area contributed by atoms with Gasteiger partial charge in [-0.05, 0) is 46.6 Å². The minimum Gasteiger partial charge on any atom is -0.496 e. The maximum atomic E-state index is 5.94. The lowest BCUT2D eigenvalue weighted by molar-refractivity contribution is 0.409. The predicted octanol–water partition coefficient (Wildman–Crippen LogP) is 2.61. The van der Waals surface area contributed by atoms with E-state index in [-0.39, 0.29) is 0 Å². The van der Waals surface area contributed by atoms with Crippen molar-refractivity contribution in [2.75, 3.05) is 13.7 Å². The second-order valence-electron chi connectivity index (χ2n) is 2.62. The van der Waals surface area contributed by atoms with E-state index in [1.54, 1.807) is 7.11 Å². The number of halogens is 2. The number of rotatable bonds is 3. The van der Waals surface area contributed by atoms with Gasteiger partial charge in [-0.15, -0.1) is 0 Å². The van der Waals surface area contributed by atoms with Gasteiger partial charge >= 0.3 is 0 Å². The minimum atomic E-state index is 0.592. The topological polar surface area (TPSA) is 35.2 Å². The molecule has 1 aromatic carbocycles. The van der Waals surface area contributed by atoms with Gasteiger partial charge in [-0.25, -0.2) is 0 Å². The van der Waals surface area contributed by atoms with Crippen LogP contribution in [0, 0.1) is 0 Å². The number of ether oxygens (including phenoxy) is 1. The van der Waals surface area contributed by atoms with E-state index in [9.17, 15) is 0 Å². The summed E-state index contributed by atoms with van der Waals surface area (Å²) in [5, 5.41) is 0.684. The maximum Gasteiger partial charge on any atom is 0.123 e. The Morgan fingerprint density at radius 3 is 2.77 bits per heavy atom. The molecule has 13 heavy (non-hydrogen) atoms. The fourth-order valence-corrected chi connectivity index (χ4v) is 1.62. The number of benzene rings is 1. The molecule has 0 heterocycles. The highest BCUT2D eigenvalue weighted by atomic mass is 79.9. The summed E-state index contributed by atoms with van der Waals surface area (Å²) in [6, 6.07) is 3.73. The molecule has 0 unspecified atom stereocenters. The summed E-state index contributed by atoms with van der Waals surface area (Å²) in [6.07, 6.45) is 0.774. The SMILES string of the molecule is COc1cc(Br)c(Cl)cc1CCN. The van der Waals surface area contributed by atoms with Gasteiger partial charge in [-0.1, -0.05) is 11.6 Å². The highest BCUT2D eigenvalue weighted by Crippen LogP contribution is 2.30. The molecule has 0 spiro atoms. The first-order valence-corrected chi connectivity index (χ1v) is 5.08. The molecule has 1 rings (SSSR count). The molecule has 0 amide bonds. The van der Waals surface area contributed by atoms with Crippen molar-refractivity contribution in [1.82, 2.24) is 0 Å². The van der Waals surface area contributed by atoms with Gasteiger partial charge in [-0.3, -0.25) is 0 Å². The van der Waals surface area contributed by atoms with Crippen LogP contribution < -0.4 is 10.5 Å². The highest BCUT2D eigenvalue weighted by Gasteiger charge is 2.06. The normalized spacial score (nSPS) is 10.2. The molecule has 2 N–H and O–H groups in total. The van der Waals surface area contributed by atoms with Gasteiger partial charge in [-0.2, -0.15) is 0 Å². The number of hydrogen-bond donors (Lipinski definition) is 1. The summed E-state index contributed by atoms with van der Waals surface area (Å²) in [7, 11) is 1.63. The smallest absolute Gasteiger partial charge is 0.123 e. The van der Waals surface area contributed by atoms with Gasteiger partial charge < -0.3 is 10.5 Å². The second-order valence-corrected chi connectivity index (χ2v) is 3.88. The van der Waals surface area contributed by atoms with Crippen LogP contribution in [0.5, 0.6) is 5.75 Å². The lowest BCUT2D eigenvalue weighted by atomic mass is 10.1. The standard InChI is InChI=1S/C9H11BrClNO/c1-13-9-5-7(10)8(11)4-6(9)2-3-12/h4-5H,2-3,12H2,1H3. The van der Waals surface area contributed by atoms with Gasteiger partial charge in [0.1, 0.15) is 5.75 Å². The fourth-order valence-electron chi connectivity index (χ4n) is 1.11. The summed E-state index contributed by atoms with van der Waals surface area (Å²) in [4.78, 5) is 0. The molecule has 0 bridgehead atoms. The van der Waals surface area contributed by atoms with Crippen LogP contribution in [-0.2, 0) is 6.42 Å². The molecule has 4 heteroatoms. The highest BCUT2D eigenvalue weighted by molar-refractivity contribution is 9.10. The van der Waals surface area contributed by atoms with Crippen LogP contribution in [0.25, 0.3) is 0 Å². The zero-order valence-electron chi connectivity index (χ0n) is 7.31. The molecule has 0 atom stereocenters. The van der Waals surface area contributed by atoms with Crippen LogP contribution in [0.15, 0.2) is 16.6 Å². The first-order chi connectivity index (χ1) is 6.19. The summed E-state index contributed by atoms with van der Waals surface area (Å²) in [5.74, 6) is 0.821. The van der Waals surface area contributed by atoms with E-state index < -0.39 is 0 Å². The minimum absolute atomic E-state index is 0.592. The van der Waals surface area contributed by atoms with Crippen molar-refractivity contribution in [2.24, 2.45) is 5.73 Å². The van der Waals surface area contributed by atoms with E-state index >= 15 is 0 Å². The molecule has 1 aromatic rings. The number of nitrogens with two attached hydrogens (primary N) is 1. The molecule has 0 aromatic heterocycles. The van der Waals surface area contributed by atoms with Crippen LogP contribution >= 0.6 is 27.5 Å². The van der Waals surface area contributed by atoms with Gasteiger partial charge in [0.15, 0.2) is 0 Å². The molecule has 72 valence electrons. The average molecular weight is 265 g/mol. The summed E-state index contributed by atoms with van der Waals surface area (Å²) < 4.78 is 6.03. The van der Waals surface area contributed by atoms with Crippen LogP contribution in [0.2, 0.25) is 5.02 Å². The van der Waals surface area contributed by atoms with E-state index in [0.717, 1.165) is 22.2 Å². The lowest BCUT2D eigenvalue weighted by Crippen LogP contribution is -2.04. The molecule has 0 aliphatic carbocycles. The molecule has 0 radical (unpaired) electrons. The zero-order valence-corrected chi connectivity index (χ0v) is 9.65. The van der Waals surface area contributed by atoms with E-state index in [1.165, 1.54) is 0 Å². The monoisotopic (exact) mass is 263 g/mol. The van der Waals surface area contributed by atoms with Crippen molar-refractivity contribution in [2.45, 2.75) is 6.42 Å². The molecular weight excluding hydrogens is 253 g/mol. The fraction of sp³-hybridized carbons (Fsp3) is 0.333. The largest absolute Gasteiger partial charge is 0.496 e. The molecule has 0 aliphatic heterocycles. The Balaban J connectivity index is 3.09. The van der Waals surface area contributed by atoms with E-state index in [2.05, 4.69) is 15.9 Å². The molecule has 0 saturated heterocycles. The average Bonchev–Trinajstić information content (AvgIpc) is 2.11. The van der Waals surface area contributed by atoms with Crippen LogP contribution in [-0.4, -0.2) is 13.7 Å². The van der Waals surface area contributed by atoms with Gasteiger partial charge in [0.05, 0.1) is 12.1 Å². The van der Waals surface area contributed by atoms with Crippen molar-refractivity contribution in [1.29, 1.82) is 0 Å². The van der Waals surface area contributed by atoms with E-state index in [4.69, 9.17) is 22.1 Å². The summed E-state index contributed by atoms with van der Waals surface area (Å²) >= 11 is 9.26. The second kappa shape index (κ2) is 4.84. The Morgan fingerprint density at radius 2 is 2.23 bits per heavy atom. The first kappa shape index (κ1) is 10.8. The quantitative estimate of drug-likeness (QED) is 0.911. The molecular formula is C9H11BrClNO. The van der Waals surface area contributed by atoms with Crippen molar-refractivity contribution < 1.29 is 4.74 Å². The Hall–Kier alpha value is -0.250. The van der Waals surface area contributed by atoms with Gasteiger partial charge in [0, 0.05) is 4.47 Å². The maximum absolute atomic E-state index is 5.94. The Labute approximate surface area is 91.2 Å². The molecule has 2 nitrogen and oxygen atoms in total.